The number of carbonyl (C=O) groups is 1. The number of hydrogen-bond acceptors (Lipinski definition) is 4. The van der Waals surface area contributed by atoms with E-state index in [4.69, 9.17) is 9.15 Å². The van der Waals surface area contributed by atoms with Crippen molar-refractivity contribution in [2.24, 2.45) is 0 Å². The number of amides is 1. The van der Waals surface area contributed by atoms with Gasteiger partial charge in [-0.05, 0) is 71.8 Å². The topological polar surface area (TPSA) is 64.4 Å². The zero-order chi connectivity index (χ0) is 23.4. The number of benzene rings is 3. The van der Waals surface area contributed by atoms with Crippen molar-refractivity contribution in [2.75, 3.05) is 11.9 Å². The number of rotatable bonds is 8. The Morgan fingerprint density at radius 3 is 2.48 bits per heavy atom. The summed E-state index contributed by atoms with van der Waals surface area (Å²) in [5.74, 6) is 1.91. The maximum absolute atomic E-state index is 12.4. The minimum atomic E-state index is -0.225. The summed E-state index contributed by atoms with van der Waals surface area (Å²) in [7, 11) is 0. The van der Waals surface area contributed by atoms with Gasteiger partial charge < -0.3 is 14.5 Å². The Morgan fingerprint density at radius 1 is 1.00 bits per heavy atom. The third-order valence-corrected chi connectivity index (χ3v) is 5.90. The summed E-state index contributed by atoms with van der Waals surface area (Å²) in [6.07, 6.45) is 1.09. The zero-order valence-electron chi connectivity index (χ0n) is 19.6. The highest BCUT2D eigenvalue weighted by Crippen LogP contribution is 2.28. The van der Waals surface area contributed by atoms with E-state index in [0.29, 0.717) is 29.2 Å². The Hall–Kier alpha value is -3.60. The highest BCUT2D eigenvalue weighted by molar-refractivity contribution is 5.92. The van der Waals surface area contributed by atoms with Crippen LogP contribution in [0.4, 0.5) is 5.69 Å². The van der Waals surface area contributed by atoms with Crippen LogP contribution in [-0.2, 0) is 4.79 Å². The molecule has 1 amide bonds. The molecule has 0 saturated heterocycles. The molecule has 3 aromatic carbocycles. The molecule has 0 fully saturated rings. The van der Waals surface area contributed by atoms with Gasteiger partial charge in [-0.25, -0.2) is 4.98 Å². The molecule has 4 aromatic rings. The van der Waals surface area contributed by atoms with Gasteiger partial charge in [0.05, 0.1) is 0 Å². The standard InChI is InChI=1S/C28H30N2O3/c1-5-19(4)20-9-12-24(13-10-20)32-17-27(31)29-23-8-6-7-22(15-23)28-30-25-16-21(18(2)3)11-14-26(25)33-28/h6-16,18-19H,5,17H2,1-4H3,(H,29,31). The summed E-state index contributed by atoms with van der Waals surface area (Å²) in [4.78, 5) is 17.1. The van der Waals surface area contributed by atoms with E-state index in [1.165, 1.54) is 11.1 Å². The molecule has 170 valence electrons. The maximum atomic E-state index is 12.4. The lowest BCUT2D eigenvalue weighted by Crippen LogP contribution is -2.20. The Morgan fingerprint density at radius 2 is 1.76 bits per heavy atom. The minimum Gasteiger partial charge on any atom is -0.484 e. The van der Waals surface area contributed by atoms with E-state index in [9.17, 15) is 4.79 Å². The Balaban J connectivity index is 1.40. The molecule has 1 unspecified atom stereocenters. The number of oxazole rings is 1. The number of fused-ring (bicyclic) bond motifs is 1. The predicted octanol–water partition coefficient (Wildman–Crippen LogP) is 7.15. The van der Waals surface area contributed by atoms with Gasteiger partial charge in [0.2, 0.25) is 5.89 Å². The number of carbonyl (C=O) groups excluding carboxylic acids is 1. The van der Waals surface area contributed by atoms with Crippen molar-refractivity contribution in [3.63, 3.8) is 0 Å². The van der Waals surface area contributed by atoms with E-state index < -0.39 is 0 Å². The van der Waals surface area contributed by atoms with Gasteiger partial charge in [-0.3, -0.25) is 4.79 Å². The summed E-state index contributed by atoms with van der Waals surface area (Å²) < 4.78 is 11.6. The van der Waals surface area contributed by atoms with E-state index in [-0.39, 0.29) is 12.5 Å². The number of anilines is 1. The van der Waals surface area contributed by atoms with Crippen LogP contribution in [0.5, 0.6) is 5.75 Å². The van der Waals surface area contributed by atoms with Crippen molar-refractivity contribution in [1.29, 1.82) is 0 Å². The van der Waals surface area contributed by atoms with Crippen LogP contribution in [0.25, 0.3) is 22.6 Å². The maximum Gasteiger partial charge on any atom is 0.262 e. The first-order valence-electron chi connectivity index (χ1n) is 11.5. The molecule has 1 heterocycles. The molecule has 0 spiro atoms. The summed E-state index contributed by atoms with van der Waals surface area (Å²) in [6.45, 7) is 8.61. The summed E-state index contributed by atoms with van der Waals surface area (Å²) in [5, 5.41) is 2.89. The molecule has 4 rings (SSSR count). The zero-order valence-corrected chi connectivity index (χ0v) is 19.6. The Bertz CT molecular complexity index is 1240. The van der Waals surface area contributed by atoms with Crippen molar-refractivity contribution in [1.82, 2.24) is 4.98 Å². The largest absolute Gasteiger partial charge is 0.484 e. The van der Waals surface area contributed by atoms with Gasteiger partial charge >= 0.3 is 0 Å². The van der Waals surface area contributed by atoms with Gasteiger partial charge in [0.25, 0.3) is 5.91 Å². The summed E-state index contributed by atoms with van der Waals surface area (Å²) in [5.41, 5.74) is 5.54. The second-order valence-corrected chi connectivity index (χ2v) is 8.70. The molecule has 1 aromatic heterocycles. The molecule has 1 N–H and O–H groups in total. The van der Waals surface area contributed by atoms with Crippen LogP contribution in [0.3, 0.4) is 0 Å². The van der Waals surface area contributed by atoms with Crippen LogP contribution in [0.2, 0.25) is 0 Å². The number of ether oxygens (including phenoxy) is 1. The number of nitrogens with one attached hydrogen (secondary N) is 1. The predicted molar refractivity (Wildman–Crippen MR) is 133 cm³/mol. The normalized spacial score (nSPS) is 12.2. The Labute approximate surface area is 194 Å². The van der Waals surface area contributed by atoms with E-state index in [1.807, 2.05) is 42.5 Å². The molecule has 0 saturated carbocycles. The molecule has 0 aliphatic carbocycles. The molecule has 0 radical (unpaired) electrons. The monoisotopic (exact) mass is 442 g/mol. The first-order valence-corrected chi connectivity index (χ1v) is 11.5. The third-order valence-electron chi connectivity index (χ3n) is 5.90. The molecule has 5 nitrogen and oxygen atoms in total. The minimum absolute atomic E-state index is 0.0617. The Kier molecular flexibility index (Phi) is 6.78. The van der Waals surface area contributed by atoms with Crippen molar-refractivity contribution < 1.29 is 13.9 Å². The van der Waals surface area contributed by atoms with Crippen LogP contribution in [0.15, 0.2) is 71.1 Å². The smallest absolute Gasteiger partial charge is 0.262 e. The van der Waals surface area contributed by atoms with Gasteiger partial charge in [-0.15, -0.1) is 0 Å². The second kappa shape index (κ2) is 9.90. The molecule has 33 heavy (non-hydrogen) atoms. The molecule has 5 heteroatoms. The van der Waals surface area contributed by atoms with E-state index in [2.05, 4.69) is 62.3 Å². The fraction of sp³-hybridized carbons (Fsp3) is 0.286. The van der Waals surface area contributed by atoms with Gasteiger partial charge in [0, 0.05) is 11.3 Å². The molecule has 1 atom stereocenters. The van der Waals surface area contributed by atoms with Gasteiger partial charge in [0.15, 0.2) is 12.2 Å². The average molecular weight is 443 g/mol. The third kappa shape index (κ3) is 5.43. The highest BCUT2D eigenvalue weighted by Gasteiger charge is 2.12. The van der Waals surface area contributed by atoms with Gasteiger partial charge in [0.1, 0.15) is 11.3 Å². The first kappa shape index (κ1) is 22.6. The quantitative estimate of drug-likeness (QED) is 0.315. The molecular weight excluding hydrogens is 412 g/mol. The van der Waals surface area contributed by atoms with Crippen LogP contribution in [-0.4, -0.2) is 17.5 Å². The number of hydrogen-bond donors (Lipinski definition) is 1. The first-order chi connectivity index (χ1) is 15.9. The summed E-state index contributed by atoms with van der Waals surface area (Å²) in [6, 6.07) is 21.5. The lowest BCUT2D eigenvalue weighted by atomic mass is 9.99. The lowest BCUT2D eigenvalue weighted by Gasteiger charge is -2.11. The fourth-order valence-corrected chi connectivity index (χ4v) is 3.63. The fourth-order valence-electron chi connectivity index (χ4n) is 3.63. The average Bonchev–Trinajstić information content (AvgIpc) is 3.26. The van der Waals surface area contributed by atoms with Crippen LogP contribution < -0.4 is 10.1 Å². The van der Waals surface area contributed by atoms with Gasteiger partial charge in [-0.1, -0.05) is 52.0 Å². The van der Waals surface area contributed by atoms with Crippen molar-refractivity contribution in [2.45, 2.75) is 46.0 Å². The van der Waals surface area contributed by atoms with Crippen molar-refractivity contribution in [3.8, 4) is 17.2 Å². The molecule has 0 aliphatic rings. The van der Waals surface area contributed by atoms with Crippen molar-refractivity contribution in [3.05, 3.63) is 77.9 Å². The summed E-state index contributed by atoms with van der Waals surface area (Å²) >= 11 is 0. The van der Waals surface area contributed by atoms with Crippen LogP contribution in [0, 0.1) is 0 Å². The van der Waals surface area contributed by atoms with E-state index in [1.54, 1.807) is 0 Å². The van der Waals surface area contributed by atoms with E-state index in [0.717, 1.165) is 23.1 Å². The molecule has 0 aliphatic heterocycles. The van der Waals surface area contributed by atoms with Crippen molar-refractivity contribution >= 4 is 22.7 Å². The molecule has 0 bridgehead atoms. The highest BCUT2D eigenvalue weighted by atomic mass is 16.5. The molecular formula is C28H30N2O3. The SMILES string of the molecule is CCC(C)c1ccc(OCC(=O)Nc2cccc(-c3nc4cc(C(C)C)ccc4o3)c2)cc1. The van der Waals surface area contributed by atoms with Gasteiger partial charge in [-0.2, -0.15) is 0 Å². The second-order valence-electron chi connectivity index (χ2n) is 8.70. The van der Waals surface area contributed by atoms with Crippen LogP contribution in [0.1, 0.15) is 57.1 Å². The number of nitrogens with zero attached hydrogens (tertiary/aromatic N) is 1. The van der Waals surface area contributed by atoms with E-state index >= 15 is 0 Å². The van der Waals surface area contributed by atoms with Crippen LogP contribution >= 0.6 is 0 Å². The lowest BCUT2D eigenvalue weighted by molar-refractivity contribution is -0.118. The number of aromatic nitrogens is 1.